The van der Waals surface area contributed by atoms with E-state index in [0.717, 1.165) is 13.1 Å². The van der Waals surface area contributed by atoms with Crippen LogP contribution < -0.4 is 5.32 Å². The van der Waals surface area contributed by atoms with Crippen molar-refractivity contribution in [3.8, 4) is 0 Å². The number of nitrogens with zero attached hydrogens (tertiary/aromatic N) is 2. The quantitative estimate of drug-likeness (QED) is 0.688. The maximum absolute atomic E-state index is 3.47. The van der Waals surface area contributed by atoms with Crippen LogP contribution in [0.5, 0.6) is 0 Å². The van der Waals surface area contributed by atoms with Gasteiger partial charge in [0.15, 0.2) is 0 Å². The highest BCUT2D eigenvalue weighted by Gasteiger charge is 2.30. The molecule has 0 amide bonds. The lowest BCUT2D eigenvalue weighted by molar-refractivity contribution is 0.0407. The van der Waals surface area contributed by atoms with Gasteiger partial charge in [0, 0.05) is 38.3 Å². The summed E-state index contributed by atoms with van der Waals surface area (Å²) < 4.78 is 0. The molecular formula is C12H27N3. The fraction of sp³-hybridized carbons (Fsp3) is 1.00. The molecule has 0 aromatic carbocycles. The topological polar surface area (TPSA) is 18.5 Å². The monoisotopic (exact) mass is 213 g/mol. The van der Waals surface area contributed by atoms with Gasteiger partial charge in [0.25, 0.3) is 0 Å². The normalized spacial score (nSPS) is 23.2. The second-order valence-corrected chi connectivity index (χ2v) is 5.26. The molecule has 3 heteroatoms. The van der Waals surface area contributed by atoms with Crippen molar-refractivity contribution in [2.75, 3.05) is 46.3 Å². The van der Waals surface area contributed by atoms with Crippen molar-refractivity contribution in [1.82, 2.24) is 15.1 Å². The number of nitrogens with one attached hydrogen (secondary N) is 1. The van der Waals surface area contributed by atoms with Crippen LogP contribution in [0.15, 0.2) is 0 Å². The van der Waals surface area contributed by atoms with E-state index in [9.17, 15) is 0 Å². The Morgan fingerprint density at radius 3 is 2.53 bits per heavy atom. The second kappa shape index (κ2) is 5.83. The van der Waals surface area contributed by atoms with Crippen LogP contribution in [-0.2, 0) is 0 Å². The van der Waals surface area contributed by atoms with Crippen LogP contribution in [-0.4, -0.2) is 61.7 Å². The molecule has 0 aromatic heterocycles. The Kier molecular flexibility index (Phi) is 5.03. The Bertz CT molecular complexity index is 180. The zero-order valence-corrected chi connectivity index (χ0v) is 10.8. The zero-order chi connectivity index (χ0) is 11.3. The highest BCUT2D eigenvalue weighted by Crippen LogP contribution is 2.17. The van der Waals surface area contributed by atoms with Gasteiger partial charge in [-0.3, -0.25) is 9.80 Å². The Labute approximate surface area is 94.8 Å². The van der Waals surface area contributed by atoms with Crippen LogP contribution in [0.1, 0.15) is 27.2 Å². The van der Waals surface area contributed by atoms with Crippen molar-refractivity contribution in [3.05, 3.63) is 0 Å². The van der Waals surface area contributed by atoms with Crippen LogP contribution >= 0.6 is 0 Å². The number of hydrogen-bond acceptors (Lipinski definition) is 3. The molecule has 1 fully saturated rings. The minimum atomic E-state index is 0.336. The number of piperazine rings is 1. The van der Waals surface area contributed by atoms with E-state index in [4.69, 9.17) is 0 Å². The molecule has 1 rings (SSSR count). The first-order valence-electron chi connectivity index (χ1n) is 6.20. The van der Waals surface area contributed by atoms with Gasteiger partial charge in [-0.15, -0.1) is 0 Å². The van der Waals surface area contributed by atoms with Crippen molar-refractivity contribution in [3.63, 3.8) is 0 Å². The van der Waals surface area contributed by atoms with Gasteiger partial charge < -0.3 is 5.32 Å². The summed E-state index contributed by atoms with van der Waals surface area (Å²) in [6.07, 6.45) is 1.23. The Morgan fingerprint density at radius 1 is 1.20 bits per heavy atom. The van der Waals surface area contributed by atoms with Gasteiger partial charge in [0.05, 0.1) is 0 Å². The summed E-state index contributed by atoms with van der Waals surface area (Å²) in [5, 5.41) is 3.47. The number of rotatable bonds is 5. The van der Waals surface area contributed by atoms with E-state index in [-0.39, 0.29) is 0 Å². The van der Waals surface area contributed by atoms with Crippen molar-refractivity contribution >= 4 is 0 Å². The molecule has 1 saturated heterocycles. The lowest BCUT2D eigenvalue weighted by Gasteiger charge is -2.45. The van der Waals surface area contributed by atoms with Crippen molar-refractivity contribution in [2.45, 2.75) is 32.7 Å². The largest absolute Gasteiger partial charge is 0.315 e. The molecule has 0 aliphatic carbocycles. The van der Waals surface area contributed by atoms with Gasteiger partial charge >= 0.3 is 0 Å². The predicted molar refractivity (Wildman–Crippen MR) is 66.3 cm³/mol. The Hall–Kier alpha value is -0.120. The maximum atomic E-state index is 3.47. The van der Waals surface area contributed by atoms with Crippen LogP contribution in [0.2, 0.25) is 0 Å². The molecule has 0 spiro atoms. The second-order valence-electron chi connectivity index (χ2n) is 5.26. The summed E-state index contributed by atoms with van der Waals surface area (Å²) in [6, 6.07) is 0. The van der Waals surface area contributed by atoms with Gasteiger partial charge in [-0.2, -0.15) is 0 Å². The minimum absolute atomic E-state index is 0.336. The van der Waals surface area contributed by atoms with Crippen molar-refractivity contribution in [1.29, 1.82) is 0 Å². The molecule has 1 N–H and O–H groups in total. The summed E-state index contributed by atoms with van der Waals surface area (Å²) in [4.78, 5) is 5.03. The van der Waals surface area contributed by atoms with E-state index in [2.05, 4.69) is 42.9 Å². The first-order chi connectivity index (χ1) is 7.06. The molecule has 0 radical (unpaired) electrons. The lowest BCUT2D eigenvalue weighted by Crippen LogP contribution is -2.58. The van der Waals surface area contributed by atoms with E-state index in [0.29, 0.717) is 5.54 Å². The van der Waals surface area contributed by atoms with E-state index in [1.54, 1.807) is 0 Å². The van der Waals surface area contributed by atoms with E-state index >= 15 is 0 Å². The molecule has 0 aromatic rings. The highest BCUT2D eigenvalue weighted by molar-refractivity contribution is 4.88. The summed E-state index contributed by atoms with van der Waals surface area (Å²) in [7, 11) is 2.23. The minimum Gasteiger partial charge on any atom is -0.315 e. The molecule has 15 heavy (non-hydrogen) atoms. The van der Waals surface area contributed by atoms with Crippen LogP contribution in [0.25, 0.3) is 0 Å². The zero-order valence-electron chi connectivity index (χ0n) is 10.8. The first-order valence-corrected chi connectivity index (χ1v) is 6.20. The molecule has 0 unspecified atom stereocenters. The maximum Gasteiger partial charge on any atom is 0.0277 e. The third kappa shape index (κ3) is 4.09. The van der Waals surface area contributed by atoms with Crippen molar-refractivity contribution < 1.29 is 0 Å². The molecule has 0 saturated carbocycles. The van der Waals surface area contributed by atoms with Crippen LogP contribution in [0.3, 0.4) is 0 Å². The molecule has 0 bridgehead atoms. The van der Waals surface area contributed by atoms with Crippen LogP contribution in [0, 0.1) is 0 Å². The molecule has 1 aliphatic rings. The molecule has 90 valence electrons. The van der Waals surface area contributed by atoms with Gasteiger partial charge in [-0.1, -0.05) is 6.92 Å². The van der Waals surface area contributed by atoms with Gasteiger partial charge in [-0.05, 0) is 33.9 Å². The molecule has 1 aliphatic heterocycles. The van der Waals surface area contributed by atoms with Gasteiger partial charge in [0.1, 0.15) is 0 Å². The van der Waals surface area contributed by atoms with Crippen molar-refractivity contribution in [2.24, 2.45) is 0 Å². The van der Waals surface area contributed by atoms with E-state index < -0.39 is 0 Å². The average molecular weight is 213 g/mol. The highest BCUT2D eigenvalue weighted by atomic mass is 15.3. The third-order valence-electron chi connectivity index (χ3n) is 3.43. The summed E-state index contributed by atoms with van der Waals surface area (Å²) >= 11 is 0. The Balaban J connectivity index is 2.21. The SMILES string of the molecule is CCCNCCN1CCN(C)C(C)(C)C1. The average Bonchev–Trinajstić information content (AvgIpc) is 2.18. The smallest absolute Gasteiger partial charge is 0.0277 e. The summed E-state index contributed by atoms with van der Waals surface area (Å²) in [5.41, 5.74) is 0.336. The van der Waals surface area contributed by atoms with E-state index in [1.807, 2.05) is 0 Å². The molecule has 3 nitrogen and oxygen atoms in total. The number of likely N-dealkylation sites (N-methyl/N-ethyl adjacent to an activating group) is 1. The third-order valence-corrected chi connectivity index (χ3v) is 3.43. The number of hydrogen-bond donors (Lipinski definition) is 1. The lowest BCUT2D eigenvalue weighted by atomic mass is 10.00. The molecule has 0 atom stereocenters. The predicted octanol–water partition coefficient (Wildman–Crippen LogP) is 1.01. The van der Waals surface area contributed by atoms with E-state index in [1.165, 1.54) is 32.6 Å². The fourth-order valence-electron chi connectivity index (χ4n) is 2.07. The molecule has 1 heterocycles. The summed E-state index contributed by atoms with van der Waals surface area (Å²) in [5.74, 6) is 0. The fourth-order valence-corrected chi connectivity index (χ4v) is 2.07. The standard InChI is InChI=1S/C12H27N3/c1-5-6-13-7-8-15-10-9-14(4)12(2,3)11-15/h13H,5-11H2,1-4H3. The molecular weight excluding hydrogens is 186 g/mol. The summed E-state index contributed by atoms with van der Waals surface area (Å²) in [6.45, 7) is 14.0. The van der Waals surface area contributed by atoms with Gasteiger partial charge in [0.2, 0.25) is 0 Å². The van der Waals surface area contributed by atoms with Crippen LogP contribution in [0.4, 0.5) is 0 Å². The van der Waals surface area contributed by atoms with Gasteiger partial charge in [-0.25, -0.2) is 0 Å². The first kappa shape index (κ1) is 12.9. The Morgan fingerprint density at radius 2 is 1.93 bits per heavy atom.